The zero-order valence-corrected chi connectivity index (χ0v) is 28.2. The Kier molecular flexibility index (Phi) is 9.11. The van der Waals surface area contributed by atoms with E-state index in [9.17, 15) is 13.2 Å². The summed E-state index contributed by atoms with van der Waals surface area (Å²) in [7, 11) is -0.487. The molecule has 0 spiro atoms. The first-order valence-electron chi connectivity index (χ1n) is 16.9. The third-order valence-corrected chi connectivity index (χ3v) is 11.7. The summed E-state index contributed by atoms with van der Waals surface area (Å²) in [5, 5.41) is 1.13. The Morgan fingerprint density at radius 1 is 0.872 bits per heavy atom. The van der Waals surface area contributed by atoms with Gasteiger partial charge in [0.1, 0.15) is 12.4 Å². The summed E-state index contributed by atoms with van der Waals surface area (Å²) in [6.45, 7) is 4.28. The second kappa shape index (κ2) is 13.4. The van der Waals surface area contributed by atoms with Crippen molar-refractivity contribution < 1.29 is 17.9 Å². The second-order valence-electron chi connectivity index (χ2n) is 13.4. The van der Waals surface area contributed by atoms with Crippen molar-refractivity contribution >= 4 is 27.0 Å². The molecule has 248 valence electrons. The van der Waals surface area contributed by atoms with Crippen LogP contribution in [0.1, 0.15) is 59.5 Å². The molecular formula is C37H45N5O4S. The summed E-state index contributed by atoms with van der Waals surface area (Å²) in [6.07, 6.45) is 5.89. The first-order valence-corrected chi connectivity index (χ1v) is 18.4. The predicted molar refractivity (Wildman–Crippen MR) is 186 cm³/mol. The van der Waals surface area contributed by atoms with Gasteiger partial charge < -0.3 is 14.2 Å². The van der Waals surface area contributed by atoms with Gasteiger partial charge in [0.2, 0.25) is 0 Å². The van der Waals surface area contributed by atoms with Gasteiger partial charge in [-0.25, -0.2) is 4.72 Å². The number of nitrogens with zero attached hydrogens (tertiary/aromatic N) is 4. The van der Waals surface area contributed by atoms with E-state index in [0.29, 0.717) is 31.2 Å². The monoisotopic (exact) mass is 655 g/mol. The highest BCUT2D eigenvalue weighted by Gasteiger charge is 2.33. The van der Waals surface area contributed by atoms with Crippen molar-refractivity contribution in [1.29, 1.82) is 0 Å². The zero-order chi connectivity index (χ0) is 32.5. The van der Waals surface area contributed by atoms with E-state index in [-0.39, 0.29) is 12.6 Å². The van der Waals surface area contributed by atoms with E-state index >= 15 is 0 Å². The molecule has 1 fully saturated rings. The average Bonchev–Trinajstić information content (AvgIpc) is 3.39. The van der Waals surface area contributed by atoms with Crippen LogP contribution >= 0.6 is 0 Å². The van der Waals surface area contributed by atoms with Crippen LogP contribution in [-0.2, 0) is 23.3 Å². The van der Waals surface area contributed by atoms with Crippen molar-refractivity contribution in [3.05, 3.63) is 89.5 Å². The highest BCUT2D eigenvalue weighted by atomic mass is 32.2. The van der Waals surface area contributed by atoms with Crippen LogP contribution in [0.4, 0.5) is 0 Å². The maximum absolute atomic E-state index is 13.6. The van der Waals surface area contributed by atoms with Crippen molar-refractivity contribution in [2.24, 2.45) is 0 Å². The van der Waals surface area contributed by atoms with Gasteiger partial charge in [-0.1, -0.05) is 67.8 Å². The molecule has 2 aliphatic heterocycles. The van der Waals surface area contributed by atoms with E-state index in [2.05, 4.69) is 61.6 Å². The van der Waals surface area contributed by atoms with Crippen LogP contribution in [0.5, 0.6) is 5.75 Å². The summed E-state index contributed by atoms with van der Waals surface area (Å²) < 4.78 is 39.1. The van der Waals surface area contributed by atoms with Crippen molar-refractivity contribution in [2.75, 3.05) is 46.9 Å². The SMILES string of the molecule is CN1CCN(Cc2ccccc2)[C@H]2COc3ccccc3-c3c(C4CCCCC4)c4ccc(cc4n3C2)C(=O)NS(=O)(=O)N(C)CC1. The lowest BCUT2D eigenvalue weighted by molar-refractivity contribution is 0.0977. The number of para-hydroxylation sites is 1. The largest absolute Gasteiger partial charge is 0.491 e. The lowest BCUT2D eigenvalue weighted by Gasteiger charge is -2.36. The second-order valence-corrected chi connectivity index (χ2v) is 15.2. The Morgan fingerprint density at radius 2 is 1.62 bits per heavy atom. The van der Waals surface area contributed by atoms with Gasteiger partial charge in [-0.05, 0) is 61.2 Å². The molecule has 1 aliphatic carbocycles. The number of fused-ring (bicyclic) bond motifs is 4. The molecule has 4 aromatic rings. The summed E-state index contributed by atoms with van der Waals surface area (Å²) >= 11 is 0. The Labute approximate surface area is 278 Å². The topological polar surface area (TPSA) is 87.1 Å². The number of aromatic nitrogens is 1. The number of amides is 1. The fourth-order valence-corrected chi connectivity index (χ4v) is 8.40. The van der Waals surface area contributed by atoms with E-state index < -0.39 is 16.1 Å². The maximum Gasteiger partial charge on any atom is 0.303 e. The molecule has 3 aromatic carbocycles. The van der Waals surface area contributed by atoms with Gasteiger partial charge >= 0.3 is 10.2 Å². The molecule has 47 heavy (non-hydrogen) atoms. The van der Waals surface area contributed by atoms with Gasteiger partial charge in [-0.3, -0.25) is 9.69 Å². The highest BCUT2D eigenvalue weighted by Crippen LogP contribution is 2.47. The molecule has 4 bridgehead atoms. The molecule has 1 aromatic heterocycles. The molecule has 1 amide bonds. The molecule has 1 atom stereocenters. The number of benzene rings is 3. The number of carbonyl (C=O) groups excluding carboxylic acids is 1. The Bertz CT molecular complexity index is 1850. The van der Waals surface area contributed by atoms with Crippen LogP contribution in [0.3, 0.4) is 0 Å². The third kappa shape index (κ3) is 6.56. The van der Waals surface area contributed by atoms with E-state index in [1.807, 2.05) is 31.3 Å². The first kappa shape index (κ1) is 31.9. The number of hydrogen-bond donors (Lipinski definition) is 1. The molecule has 3 heterocycles. The van der Waals surface area contributed by atoms with Gasteiger partial charge in [-0.2, -0.15) is 12.7 Å². The number of hydrogen-bond acceptors (Lipinski definition) is 6. The smallest absolute Gasteiger partial charge is 0.303 e. The lowest BCUT2D eigenvalue weighted by atomic mass is 9.81. The molecule has 10 heteroatoms. The molecule has 9 nitrogen and oxygen atoms in total. The lowest BCUT2D eigenvalue weighted by Crippen LogP contribution is -2.47. The average molecular weight is 656 g/mol. The highest BCUT2D eigenvalue weighted by molar-refractivity contribution is 7.87. The van der Waals surface area contributed by atoms with E-state index in [0.717, 1.165) is 60.4 Å². The normalized spacial score (nSPS) is 22.0. The van der Waals surface area contributed by atoms with Gasteiger partial charge in [-0.15, -0.1) is 0 Å². The Morgan fingerprint density at radius 3 is 2.43 bits per heavy atom. The van der Waals surface area contributed by atoms with Crippen LogP contribution in [0.15, 0.2) is 72.8 Å². The van der Waals surface area contributed by atoms with E-state index in [1.54, 1.807) is 6.07 Å². The maximum atomic E-state index is 13.6. The van der Waals surface area contributed by atoms with E-state index in [1.165, 1.54) is 41.7 Å². The summed E-state index contributed by atoms with van der Waals surface area (Å²) in [5.74, 6) is 0.646. The van der Waals surface area contributed by atoms with Crippen LogP contribution in [-0.4, -0.2) is 85.9 Å². The van der Waals surface area contributed by atoms with E-state index in [4.69, 9.17) is 4.74 Å². The van der Waals surface area contributed by atoms with Gasteiger partial charge in [0.05, 0.1) is 11.7 Å². The molecule has 0 radical (unpaired) electrons. The van der Waals surface area contributed by atoms with Gasteiger partial charge in [0.25, 0.3) is 5.91 Å². The number of carbonyl (C=O) groups is 1. The van der Waals surface area contributed by atoms with Crippen LogP contribution in [0, 0.1) is 0 Å². The minimum absolute atomic E-state index is 0.0407. The molecule has 0 unspecified atom stereocenters. The summed E-state index contributed by atoms with van der Waals surface area (Å²) in [5.41, 5.74) is 6.08. The minimum Gasteiger partial charge on any atom is -0.491 e. The minimum atomic E-state index is -4.02. The molecule has 1 N–H and O–H groups in total. The molecule has 7 rings (SSSR count). The number of likely N-dealkylation sites (N-methyl/N-ethyl adjacent to an activating group) is 2. The van der Waals surface area contributed by atoms with Gasteiger partial charge in [0.15, 0.2) is 0 Å². The molecule has 3 aliphatic rings. The fraction of sp³-hybridized carbons (Fsp3) is 0.432. The molecule has 1 saturated carbocycles. The number of ether oxygens (including phenoxy) is 1. The summed E-state index contributed by atoms with van der Waals surface area (Å²) in [4.78, 5) is 18.2. The van der Waals surface area contributed by atoms with Crippen LogP contribution < -0.4 is 9.46 Å². The number of nitrogens with one attached hydrogen (secondary N) is 1. The van der Waals surface area contributed by atoms with Crippen molar-refractivity contribution in [3.8, 4) is 17.0 Å². The molecule has 0 saturated heterocycles. The number of rotatable bonds is 3. The third-order valence-electron chi connectivity index (χ3n) is 10.3. The quantitative estimate of drug-likeness (QED) is 0.315. The van der Waals surface area contributed by atoms with Crippen LogP contribution in [0.2, 0.25) is 0 Å². The summed E-state index contributed by atoms with van der Waals surface area (Å²) in [6, 6.07) is 24.7. The molecular weight excluding hydrogens is 611 g/mol. The fourth-order valence-electron chi connectivity index (χ4n) is 7.57. The van der Waals surface area contributed by atoms with Crippen molar-refractivity contribution in [2.45, 2.75) is 57.2 Å². The van der Waals surface area contributed by atoms with Crippen molar-refractivity contribution in [3.63, 3.8) is 0 Å². The standard InChI is InChI=1S/C37H45N5O4S/c1-39-19-21-40(2)47(44,45)38-37(43)29-17-18-31-33(23-29)42-25-30(41(22-20-39)24-27-11-5-3-6-12-27)26-46-34-16-10-9-15-32(34)36(42)35(31)28-13-7-4-8-14-28/h3,5-6,9-12,15-18,23,28,30H,4,7-8,13-14,19-22,24-26H2,1-2H3,(H,38,43)/t30-/m1/s1. The first-order chi connectivity index (χ1) is 22.8. The predicted octanol–water partition coefficient (Wildman–Crippen LogP) is 5.47. The van der Waals surface area contributed by atoms with Crippen LogP contribution in [0.25, 0.3) is 22.2 Å². The Balaban J connectivity index is 1.44. The van der Waals surface area contributed by atoms with Crippen molar-refractivity contribution in [1.82, 2.24) is 23.4 Å². The zero-order valence-electron chi connectivity index (χ0n) is 27.4. The van der Waals surface area contributed by atoms with Gasteiger partial charge in [0, 0.05) is 68.3 Å². The Hall–Kier alpha value is -3.70.